The van der Waals surface area contributed by atoms with Gasteiger partial charge in [0.25, 0.3) is 5.91 Å². The molecule has 1 amide bonds. The van der Waals surface area contributed by atoms with E-state index in [1.807, 2.05) is 24.6 Å². The lowest BCUT2D eigenvalue weighted by Crippen LogP contribution is -2.35. The Bertz CT molecular complexity index is 307. The van der Waals surface area contributed by atoms with Crippen molar-refractivity contribution >= 4 is 28.8 Å². The molecule has 14 heavy (non-hydrogen) atoms. The summed E-state index contributed by atoms with van der Waals surface area (Å²) in [5.41, 5.74) is 1.79. The molecule has 0 aliphatic carbocycles. The number of alkyl halides is 1. The molecule has 0 bridgehead atoms. The third-order valence-corrected chi connectivity index (χ3v) is 3.35. The molecule has 0 spiro atoms. The van der Waals surface area contributed by atoms with Crippen LogP contribution in [0, 0.1) is 6.92 Å². The largest absolute Gasteiger partial charge is 0.348 e. The average Bonchev–Trinajstić information content (AvgIpc) is 2.60. The third kappa shape index (κ3) is 2.72. The number of rotatable bonds is 4. The van der Waals surface area contributed by atoms with E-state index in [9.17, 15) is 4.79 Å². The lowest BCUT2D eigenvalue weighted by atomic mass is 10.2. The third-order valence-electron chi connectivity index (χ3n) is 2.11. The van der Waals surface area contributed by atoms with E-state index in [2.05, 4.69) is 5.32 Å². The molecular formula is C10H14ClNOS. The Morgan fingerprint density at radius 1 is 1.64 bits per heavy atom. The lowest BCUT2D eigenvalue weighted by Gasteiger charge is -2.13. The number of carbonyl (C=O) groups is 1. The first-order valence-electron chi connectivity index (χ1n) is 4.58. The monoisotopic (exact) mass is 231 g/mol. The molecule has 1 heterocycles. The summed E-state index contributed by atoms with van der Waals surface area (Å²) in [5, 5.41) is 6.73. The number of nitrogens with one attached hydrogen (secondary N) is 1. The van der Waals surface area contributed by atoms with Crippen LogP contribution < -0.4 is 5.32 Å². The van der Waals surface area contributed by atoms with Crippen LogP contribution in [0.4, 0.5) is 0 Å². The molecule has 0 aromatic carbocycles. The zero-order chi connectivity index (χ0) is 10.6. The predicted octanol–water partition coefficient (Wildman–Crippen LogP) is 2.80. The molecule has 78 valence electrons. The molecule has 0 radical (unpaired) electrons. The van der Waals surface area contributed by atoms with Crippen LogP contribution in [0.3, 0.4) is 0 Å². The minimum Gasteiger partial charge on any atom is -0.348 e. The molecule has 0 aliphatic rings. The molecule has 2 nitrogen and oxygen atoms in total. The summed E-state index contributed by atoms with van der Waals surface area (Å²) in [6, 6.07) is 0.0727. The first-order valence-corrected chi connectivity index (χ1v) is 6.06. The Hall–Kier alpha value is -0.540. The van der Waals surface area contributed by atoms with Crippen molar-refractivity contribution in [2.24, 2.45) is 0 Å². The van der Waals surface area contributed by atoms with Gasteiger partial charge in [-0.25, -0.2) is 0 Å². The zero-order valence-electron chi connectivity index (χ0n) is 8.34. The molecule has 4 heteroatoms. The van der Waals surface area contributed by atoms with Crippen molar-refractivity contribution in [3.8, 4) is 0 Å². The summed E-state index contributed by atoms with van der Waals surface area (Å²) in [5.74, 6) is 0.446. The molecule has 0 fully saturated rings. The minimum absolute atomic E-state index is 0.0174. The highest BCUT2D eigenvalue weighted by molar-refractivity contribution is 7.08. The zero-order valence-corrected chi connectivity index (χ0v) is 9.91. The molecular weight excluding hydrogens is 218 g/mol. The highest BCUT2D eigenvalue weighted by Crippen LogP contribution is 2.13. The SMILES string of the molecule is CCC(CCl)NC(=O)c1cscc1C. The van der Waals surface area contributed by atoms with Crippen LogP contribution in [0.2, 0.25) is 0 Å². The summed E-state index contributed by atoms with van der Waals surface area (Å²) >= 11 is 7.24. The highest BCUT2D eigenvalue weighted by atomic mass is 35.5. The van der Waals surface area contributed by atoms with Crippen LogP contribution in [0.1, 0.15) is 29.3 Å². The van der Waals surface area contributed by atoms with Crippen molar-refractivity contribution in [1.82, 2.24) is 5.32 Å². The fourth-order valence-electron chi connectivity index (χ4n) is 1.11. The van der Waals surface area contributed by atoms with Crippen LogP contribution >= 0.6 is 22.9 Å². The van der Waals surface area contributed by atoms with Crippen LogP contribution in [0.15, 0.2) is 10.8 Å². The van der Waals surface area contributed by atoms with Gasteiger partial charge in [0.05, 0.1) is 5.56 Å². The van der Waals surface area contributed by atoms with E-state index in [0.717, 1.165) is 17.5 Å². The molecule has 0 saturated carbocycles. The van der Waals surface area contributed by atoms with Gasteiger partial charge < -0.3 is 5.32 Å². The number of thiophene rings is 1. The first-order chi connectivity index (χ1) is 6.69. The van der Waals surface area contributed by atoms with Gasteiger partial charge in [0, 0.05) is 17.3 Å². The molecule has 1 aromatic heterocycles. The topological polar surface area (TPSA) is 29.1 Å². The van der Waals surface area contributed by atoms with Crippen molar-refractivity contribution in [3.05, 3.63) is 21.9 Å². The van der Waals surface area contributed by atoms with Gasteiger partial charge >= 0.3 is 0 Å². The van der Waals surface area contributed by atoms with Gasteiger partial charge in [-0.1, -0.05) is 6.92 Å². The second kappa shape index (κ2) is 5.37. The lowest BCUT2D eigenvalue weighted by molar-refractivity contribution is 0.0939. The van der Waals surface area contributed by atoms with E-state index >= 15 is 0 Å². The summed E-state index contributed by atoms with van der Waals surface area (Å²) < 4.78 is 0. The van der Waals surface area contributed by atoms with Crippen LogP contribution in [-0.2, 0) is 0 Å². The Kier molecular flexibility index (Phi) is 4.42. The molecule has 1 atom stereocenters. The van der Waals surface area contributed by atoms with Crippen LogP contribution in [0.25, 0.3) is 0 Å². The number of hydrogen-bond acceptors (Lipinski definition) is 2. The van der Waals surface area contributed by atoms with Gasteiger partial charge in [-0.05, 0) is 24.3 Å². The molecule has 0 saturated heterocycles. The maximum atomic E-state index is 11.7. The van der Waals surface area contributed by atoms with Crippen LogP contribution in [-0.4, -0.2) is 17.8 Å². The highest BCUT2D eigenvalue weighted by Gasteiger charge is 2.13. The Morgan fingerprint density at radius 3 is 2.79 bits per heavy atom. The van der Waals surface area contributed by atoms with Gasteiger partial charge in [0.1, 0.15) is 0 Å². The molecule has 1 N–H and O–H groups in total. The summed E-state index contributed by atoms with van der Waals surface area (Å²) in [6.45, 7) is 3.95. The summed E-state index contributed by atoms with van der Waals surface area (Å²) in [4.78, 5) is 11.7. The smallest absolute Gasteiger partial charge is 0.252 e. The normalized spacial score (nSPS) is 12.5. The van der Waals surface area contributed by atoms with E-state index < -0.39 is 0 Å². The van der Waals surface area contributed by atoms with E-state index in [-0.39, 0.29) is 11.9 Å². The van der Waals surface area contributed by atoms with Gasteiger partial charge in [-0.3, -0.25) is 4.79 Å². The van der Waals surface area contributed by atoms with Gasteiger partial charge in [0.2, 0.25) is 0 Å². The van der Waals surface area contributed by atoms with Crippen molar-refractivity contribution < 1.29 is 4.79 Å². The second-order valence-electron chi connectivity index (χ2n) is 3.20. The molecule has 0 aliphatic heterocycles. The van der Waals surface area contributed by atoms with Gasteiger partial charge in [-0.2, -0.15) is 11.3 Å². The molecule has 1 aromatic rings. The number of carbonyl (C=O) groups excluding carboxylic acids is 1. The predicted molar refractivity (Wildman–Crippen MR) is 61.3 cm³/mol. The fourth-order valence-corrected chi connectivity index (χ4v) is 2.23. The molecule has 1 unspecified atom stereocenters. The summed E-state index contributed by atoms with van der Waals surface area (Å²) in [6.07, 6.45) is 0.860. The Balaban J connectivity index is 2.63. The van der Waals surface area contributed by atoms with E-state index in [4.69, 9.17) is 11.6 Å². The number of amides is 1. The average molecular weight is 232 g/mol. The number of hydrogen-bond donors (Lipinski definition) is 1. The maximum Gasteiger partial charge on any atom is 0.252 e. The van der Waals surface area contributed by atoms with E-state index in [1.165, 1.54) is 0 Å². The van der Waals surface area contributed by atoms with Crippen LogP contribution in [0.5, 0.6) is 0 Å². The van der Waals surface area contributed by atoms with Crippen molar-refractivity contribution in [3.63, 3.8) is 0 Å². The second-order valence-corrected chi connectivity index (χ2v) is 4.25. The van der Waals surface area contributed by atoms with Crippen molar-refractivity contribution in [2.75, 3.05) is 5.88 Å². The Morgan fingerprint density at radius 2 is 2.36 bits per heavy atom. The van der Waals surface area contributed by atoms with Crippen molar-refractivity contribution in [2.45, 2.75) is 26.3 Å². The fraction of sp³-hybridized carbons (Fsp3) is 0.500. The Labute approximate surface area is 93.3 Å². The van der Waals surface area contributed by atoms with E-state index in [0.29, 0.717) is 5.88 Å². The number of aryl methyl sites for hydroxylation is 1. The first kappa shape index (κ1) is 11.5. The van der Waals surface area contributed by atoms with E-state index in [1.54, 1.807) is 11.3 Å². The standard InChI is InChI=1S/C10H14ClNOS/c1-3-8(4-11)12-10(13)9-6-14-5-7(9)2/h5-6,8H,3-4H2,1-2H3,(H,12,13). The van der Waals surface area contributed by atoms with Crippen molar-refractivity contribution in [1.29, 1.82) is 0 Å². The van der Waals surface area contributed by atoms with Gasteiger partial charge in [-0.15, -0.1) is 11.6 Å². The maximum absolute atomic E-state index is 11.7. The van der Waals surface area contributed by atoms with Gasteiger partial charge in [0.15, 0.2) is 0 Å². The quantitative estimate of drug-likeness (QED) is 0.794. The minimum atomic E-state index is -0.0174. The summed E-state index contributed by atoms with van der Waals surface area (Å²) in [7, 11) is 0. The number of halogens is 1. The molecule has 1 rings (SSSR count).